The van der Waals surface area contributed by atoms with E-state index >= 15 is 0 Å². The van der Waals surface area contributed by atoms with Crippen molar-refractivity contribution in [2.75, 3.05) is 19.6 Å². The van der Waals surface area contributed by atoms with E-state index in [2.05, 4.69) is 5.32 Å². The molecule has 1 aromatic rings. The van der Waals surface area contributed by atoms with Gasteiger partial charge in [-0.15, -0.1) is 0 Å². The quantitative estimate of drug-likeness (QED) is 0.799. The molecular formula is C24H32N2O3. The van der Waals surface area contributed by atoms with Crippen LogP contribution >= 0.6 is 0 Å². The van der Waals surface area contributed by atoms with Crippen molar-refractivity contribution in [2.45, 2.75) is 57.5 Å². The van der Waals surface area contributed by atoms with E-state index in [1.807, 2.05) is 29.2 Å². The van der Waals surface area contributed by atoms with Gasteiger partial charge in [0, 0.05) is 44.0 Å². The van der Waals surface area contributed by atoms with Crippen molar-refractivity contribution in [3.63, 3.8) is 0 Å². The molecule has 3 atom stereocenters. The lowest BCUT2D eigenvalue weighted by molar-refractivity contribution is -0.134. The van der Waals surface area contributed by atoms with Crippen molar-refractivity contribution in [1.82, 2.24) is 10.2 Å². The summed E-state index contributed by atoms with van der Waals surface area (Å²) in [7, 11) is 0. The van der Waals surface area contributed by atoms with Crippen LogP contribution in [-0.2, 0) is 4.79 Å². The van der Waals surface area contributed by atoms with E-state index in [0.29, 0.717) is 23.3 Å². The van der Waals surface area contributed by atoms with Crippen LogP contribution in [0.15, 0.2) is 24.3 Å². The van der Waals surface area contributed by atoms with Gasteiger partial charge in [0.1, 0.15) is 11.9 Å². The van der Waals surface area contributed by atoms with Crippen LogP contribution in [0, 0.1) is 23.7 Å². The molecule has 1 aromatic carbocycles. The number of nitrogens with one attached hydrogen (secondary N) is 1. The van der Waals surface area contributed by atoms with Crippen LogP contribution < -0.4 is 10.1 Å². The number of amides is 2. The van der Waals surface area contributed by atoms with Gasteiger partial charge in [0.05, 0.1) is 0 Å². The maximum absolute atomic E-state index is 12.6. The summed E-state index contributed by atoms with van der Waals surface area (Å²) in [5, 5.41) is 3.15. The summed E-state index contributed by atoms with van der Waals surface area (Å²) in [5.74, 6) is 3.78. The molecule has 5 rings (SSSR count). The predicted octanol–water partition coefficient (Wildman–Crippen LogP) is 3.63. The first-order valence-corrected chi connectivity index (χ1v) is 11.5. The molecule has 3 unspecified atom stereocenters. The molecule has 29 heavy (non-hydrogen) atoms. The van der Waals surface area contributed by atoms with Crippen molar-refractivity contribution in [3.05, 3.63) is 29.8 Å². The zero-order chi connectivity index (χ0) is 19.8. The van der Waals surface area contributed by atoms with E-state index in [-0.39, 0.29) is 12.0 Å². The molecule has 2 amide bonds. The van der Waals surface area contributed by atoms with Gasteiger partial charge in [0.25, 0.3) is 5.91 Å². The Morgan fingerprint density at radius 1 is 1.03 bits per heavy atom. The first-order chi connectivity index (χ1) is 14.2. The maximum atomic E-state index is 12.6. The van der Waals surface area contributed by atoms with Gasteiger partial charge in [0.2, 0.25) is 5.91 Å². The number of likely N-dealkylation sites (tertiary alicyclic amines) is 1. The van der Waals surface area contributed by atoms with Crippen LogP contribution in [0.2, 0.25) is 0 Å². The van der Waals surface area contributed by atoms with E-state index in [4.69, 9.17) is 4.74 Å². The van der Waals surface area contributed by atoms with Crippen molar-refractivity contribution < 1.29 is 14.3 Å². The third-order valence-electron chi connectivity index (χ3n) is 7.49. The fraction of sp³-hybridized carbons (Fsp3) is 0.667. The third kappa shape index (κ3) is 4.29. The number of fused-ring (bicyclic) bond motifs is 2. The molecule has 3 aliphatic carbocycles. The second-order valence-corrected chi connectivity index (χ2v) is 9.59. The van der Waals surface area contributed by atoms with Crippen molar-refractivity contribution in [2.24, 2.45) is 23.7 Å². The summed E-state index contributed by atoms with van der Waals surface area (Å²) < 4.78 is 6.15. The lowest BCUT2D eigenvalue weighted by Crippen LogP contribution is -2.42. The molecule has 1 heterocycles. The molecule has 1 N–H and O–H groups in total. The Morgan fingerprint density at radius 2 is 1.86 bits per heavy atom. The van der Waals surface area contributed by atoms with E-state index < -0.39 is 0 Å². The van der Waals surface area contributed by atoms with Crippen LogP contribution in [-0.4, -0.2) is 42.5 Å². The van der Waals surface area contributed by atoms with Crippen LogP contribution in [0.25, 0.3) is 0 Å². The second kappa shape index (κ2) is 8.00. The normalized spacial score (nSPS) is 29.1. The van der Waals surface area contributed by atoms with Gasteiger partial charge in [-0.2, -0.15) is 0 Å². The molecule has 2 bridgehead atoms. The second-order valence-electron chi connectivity index (χ2n) is 9.59. The first-order valence-electron chi connectivity index (χ1n) is 11.5. The molecule has 156 valence electrons. The number of hydrogen-bond acceptors (Lipinski definition) is 3. The lowest BCUT2D eigenvalue weighted by Gasteiger charge is -2.32. The molecule has 1 aliphatic heterocycles. The zero-order valence-electron chi connectivity index (χ0n) is 17.1. The number of carbonyl (C=O) groups excluding carboxylic acids is 2. The number of carbonyl (C=O) groups is 2. The number of benzene rings is 1. The molecule has 5 nitrogen and oxygen atoms in total. The molecule has 4 aliphatic rings. The van der Waals surface area contributed by atoms with Crippen LogP contribution in [0.5, 0.6) is 5.75 Å². The topological polar surface area (TPSA) is 58.6 Å². The van der Waals surface area contributed by atoms with Crippen molar-refractivity contribution in [3.8, 4) is 5.75 Å². The molecule has 4 fully saturated rings. The highest BCUT2D eigenvalue weighted by atomic mass is 16.5. The smallest absolute Gasteiger partial charge is 0.251 e. The highest BCUT2D eigenvalue weighted by molar-refractivity contribution is 5.94. The number of nitrogens with zero attached hydrogens (tertiary/aromatic N) is 1. The van der Waals surface area contributed by atoms with Crippen LogP contribution in [0.1, 0.15) is 61.7 Å². The highest BCUT2D eigenvalue weighted by Crippen LogP contribution is 2.47. The highest BCUT2D eigenvalue weighted by Gasteiger charge is 2.39. The Bertz CT molecular complexity index is 767. The van der Waals surface area contributed by atoms with Gasteiger partial charge in [-0.05, 0) is 68.1 Å². The number of ether oxygens (including phenoxy) is 1. The summed E-state index contributed by atoms with van der Waals surface area (Å²) in [6.45, 7) is 2.37. The summed E-state index contributed by atoms with van der Waals surface area (Å²) >= 11 is 0. The molecule has 1 saturated heterocycles. The Hall–Kier alpha value is -2.04. The van der Waals surface area contributed by atoms with Crippen molar-refractivity contribution in [1.29, 1.82) is 0 Å². The molecule has 0 radical (unpaired) electrons. The average molecular weight is 397 g/mol. The number of piperidine rings is 1. The number of rotatable bonds is 6. The van der Waals surface area contributed by atoms with Gasteiger partial charge in [0.15, 0.2) is 0 Å². The van der Waals surface area contributed by atoms with E-state index in [0.717, 1.165) is 62.9 Å². The minimum atomic E-state index is 0.00285. The zero-order valence-corrected chi connectivity index (χ0v) is 17.1. The minimum absolute atomic E-state index is 0.00285. The van der Waals surface area contributed by atoms with Gasteiger partial charge in [-0.25, -0.2) is 0 Å². The third-order valence-corrected chi connectivity index (χ3v) is 7.49. The summed E-state index contributed by atoms with van der Waals surface area (Å²) in [5.41, 5.74) is 0.673. The standard InChI is InChI=1S/C24H32N2O3/c27-23(25-15-20-13-16-4-5-18(20)12-16)19-2-1-3-22(14-19)29-21-8-10-26(11-9-21)24(28)17-6-7-17/h1-3,14,16-18,20-21H,4-13,15H2,(H,25,27). The van der Waals surface area contributed by atoms with Gasteiger partial charge < -0.3 is 15.0 Å². The fourth-order valence-electron chi connectivity index (χ4n) is 5.64. The monoisotopic (exact) mass is 396 g/mol. The van der Waals surface area contributed by atoms with Gasteiger partial charge in [-0.1, -0.05) is 12.5 Å². The summed E-state index contributed by atoms with van der Waals surface area (Å²) in [6, 6.07) is 7.54. The van der Waals surface area contributed by atoms with E-state index in [1.54, 1.807) is 0 Å². The molecule has 0 aromatic heterocycles. The van der Waals surface area contributed by atoms with E-state index in [9.17, 15) is 9.59 Å². The van der Waals surface area contributed by atoms with Crippen molar-refractivity contribution >= 4 is 11.8 Å². The van der Waals surface area contributed by atoms with E-state index in [1.165, 1.54) is 25.7 Å². The largest absolute Gasteiger partial charge is 0.490 e. The Kier molecular flexibility index (Phi) is 5.23. The average Bonchev–Trinajstić information content (AvgIpc) is 3.39. The van der Waals surface area contributed by atoms with Gasteiger partial charge in [-0.3, -0.25) is 9.59 Å². The SMILES string of the molecule is O=C(NCC1CC2CCC1C2)c1cccc(OC2CCN(C(=O)C3CC3)CC2)c1. The molecular weight excluding hydrogens is 364 g/mol. The van der Waals surface area contributed by atoms with Gasteiger partial charge >= 0.3 is 0 Å². The Morgan fingerprint density at radius 3 is 2.55 bits per heavy atom. The predicted molar refractivity (Wildman–Crippen MR) is 111 cm³/mol. The Labute approximate surface area is 173 Å². The maximum Gasteiger partial charge on any atom is 0.251 e. The summed E-state index contributed by atoms with van der Waals surface area (Å²) in [6.07, 6.45) is 9.36. The molecule has 3 saturated carbocycles. The molecule has 0 spiro atoms. The molecule has 5 heteroatoms. The minimum Gasteiger partial charge on any atom is -0.490 e. The number of hydrogen-bond donors (Lipinski definition) is 1. The summed E-state index contributed by atoms with van der Waals surface area (Å²) in [4.78, 5) is 26.8. The lowest BCUT2D eigenvalue weighted by atomic mass is 9.89. The Balaban J connectivity index is 1.11. The first kappa shape index (κ1) is 19.0. The fourth-order valence-corrected chi connectivity index (χ4v) is 5.64. The van der Waals surface area contributed by atoms with Crippen LogP contribution in [0.4, 0.5) is 0 Å². The van der Waals surface area contributed by atoms with Crippen LogP contribution in [0.3, 0.4) is 0 Å².